The number of hydrogen-bond acceptors (Lipinski definition) is 4. The highest BCUT2D eigenvalue weighted by molar-refractivity contribution is 7.89. The van der Waals surface area contributed by atoms with Crippen molar-refractivity contribution in [2.75, 3.05) is 31.5 Å². The van der Waals surface area contributed by atoms with E-state index in [0.717, 1.165) is 12.0 Å². The molecule has 2 atom stereocenters. The summed E-state index contributed by atoms with van der Waals surface area (Å²) in [5, 5.41) is 2.61. The summed E-state index contributed by atoms with van der Waals surface area (Å²) in [7, 11) is -3.58. The number of sulfonamides is 1. The minimum Gasteiger partial charge on any atom is -0.322 e. The molecular weight excluding hydrogens is 417 g/mol. The van der Waals surface area contributed by atoms with E-state index in [1.165, 1.54) is 16.4 Å². The summed E-state index contributed by atoms with van der Waals surface area (Å²) in [4.78, 5) is 14.7. The van der Waals surface area contributed by atoms with Gasteiger partial charge in [0, 0.05) is 26.2 Å². The first-order valence-corrected chi connectivity index (χ1v) is 12.1. The fraction of sp³-hybridized carbons (Fsp3) is 0.435. The topological polar surface area (TPSA) is 69.7 Å². The standard InChI is InChI=1S/C23H30FN3O3S/c1-4-17(2)19-9-11-20(12-10-19)31(29,30)27-15-13-26(14-16-27)18(3)23(28)25-22-8-6-5-7-21(22)24/h5-12,17-18H,4,13-16H2,1-3H3,(H,25,28). The second kappa shape index (κ2) is 9.89. The first kappa shape index (κ1) is 23.4. The van der Waals surface area contributed by atoms with E-state index in [1.54, 1.807) is 31.2 Å². The molecule has 0 spiro atoms. The maximum atomic E-state index is 13.8. The van der Waals surface area contributed by atoms with Gasteiger partial charge in [0.15, 0.2) is 0 Å². The average Bonchev–Trinajstić information content (AvgIpc) is 2.79. The quantitative estimate of drug-likeness (QED) is 0.703. The smallest absolute Gasteiger partial charge is 0.243 e. The Hall–Kier alpha value is -2.29. The molecule has 2 aromatic carbocycles. The van der Waals surface area contributed by atoms with Crippen molar-refractivity contribution in [2.24, 2.45) is 0 Å². The first-order chi connectivity index (χ1) is 14.7. The number of nitrogens with zero attached hydrogens (tertiary/aromatic N) is 2. The van der Waals surface area contributed by atoms with Gasteiger partial charge in [-0.2, -0.15) is 4.31 Å². The molecule has 0 bridgehead atoms. The zero-order valence-corrected chi connectivity index (χ0v) is 19.0. The molecule has 1 saturated heterocycles. The molecule has 3 rings (SSSR count). The maximum Gasteiger partial charge on any atom is 0.243 e. The number of carbonyl (C=O) groups is 1. The summed E-state index contributed by atoms with van der Waals surface area (Å²) < 4.78 is 41.3. The van der Waals surface area contributed by atoms with E-state index in [2.05, 4.69) is 19.2 Å². The van der Waals surface area contributed by atoms with E-state index in [4.69, 9.17) is 0 Å². The summed E-state index contributed by atoms with van der Waals surface area (Å²) in [6, 6.07) is 12.6. The largest absolute Gasteiger partial charge is 0.322 e. The van der Waals surface area contributed by atoms with Crippen LogP contribution >= 0.6 is 0 Å². The lowest BCUT2D eigenvalue weighted by molar-refractivity contribution is -0.121. The number of rotatable bonds is 7. The third-order valence-electron chi connectivity index (χ3n) is 6.03. The van der Waals surface area contributed by atoms with Crippen molar-refractivity contribution in [3.05, 3.63) is 59.9 Å². The van der Waals surface area contributed by atoms with Crippen molar-refractivity contribution in [3.8, 4) is 0 Å². The molecule has 2 aromatic rings. The number of nitrogens with one attached hydrogen (secondary N) is 1. The van der Waals surface area contributed by atoms with E-state index in [-0.39, 0.29) is 11.6 Å². The van der Waals surface area contributed by atoms with Gasteiger partial charge in [-0.1, -0.05) is 38.1 Å². The Morgan fingerprint density at radius 2 is 1.65 bits per heavy atom. The minimum absolute atomic E-state index is 0.140. The number of amides is 1. The lowest BCUT2D eigenvalue weighted by Gasteiger charge is -2.36. The Kier molecular flexibility index (Phi) is 7.46. The Labute approximate surface area is 184 Å². The molecule has 6 nitrogen and oxygen atoms in total. The monoisotopic (exact) mass is 447 g/mol. The van der Waals surface area contributed by atoms with Crippen LogP contribution in [0.1, 0.15) is 38.7 Å². The second-order valence-corrected chi connectivity index (χ2v) is 9.90. The predicted molar refractivity (Wildman–Crippen MR) is 120 cm³/mol. The molecule has 1 heterocycles. The van der Waals surface area contributed by atoms with Gasteiger partial charge in [-0.05, 0) is 49.1 Å². The Morgan fingerprint density at radius 1 is 1.03 bits per heavy atom. The number of anilines is 1. The molecule has 1 aliphatic heterocycles. The number of benzene rings is 2. The van der Waals surface area contributed by atoms with Crippen LogP contribution in [0.5, 0.6) is 0 Å². The molecule has 0 radical (unpaired) electrons. The fourth-order valence-corrected chi connectivity index (χ4v) is 5.07. The highest BCUT2D eigenvalue weighted by Crippen LogP contribution is 2.23. The summed E-state index contributed by atoms with van der Waals surface area (Å²) >= 11 is 0. The number of halogens is 1. The molecule has 31 heavy (non-hydrogen) atoms. The summed E-state index contributed by atoms with van der Waals surface area (Å²) in [6.07, 6.45) is 0.997. The normalized spacial score (nSPS) is 17.8. The van der Waals surface area contributed by atoms with E-state index in [0.29, 0.717) is 37.0 Å². The maximum absolute atomic E-state index is 13.8. The van der Waals surface area contributed by atoms with Gasteiger partial charge in [0.1, 0.15) is 5.82 Å². The predicted octanol–water partition coefficient (Wildman–Crippen LogP) is 3.67. The van der Waals surface area contributed by atoms with Crippen LogP contribution in [0.4, 0.5) is 10.1 Å². The Bertz CT molecular complexity index is 1000. The third-order valence-corrected chi connectivity index (χ3v) is 7.94. The van der Waals surface area contributed by atoms with Crippen LogP contribution < -0.4 is 5.32 Å². The van der Waals surface area contributed by atoms with E-state index >= 15 is 0 Å². The van der Waals surface area contributed by atoms with E-state index < -0.39 is 21.9 Å². The van der Waals surface area contributed by atoms with Gasteiger partial charge < -0.3 is 5.32 Å². The molecule has 168 valence electrons. The number of para-hydroxylation sites is 1. The van der Waals surface area contributed by atoms with Gasteiger partial charge in [-0.25, -0.2) is 12.8 Å². The molecule has 2 unspecified atom stereocenters. The Morgan fingerprint density at radius 3 is 2.23 bits per heavy atom. The SMILES string of the molecule is CCC(C)c1ccc(S(=O)(=O)N2CCN(C(C)C(=O)Nc3ccccc3F)CC2)cc1. The van der Waals surface area contributed by atoms with Gasteiger partial charge in [0.2, 0.25) is 15.9 Å². The zero-order chi connectivity index (χ0) is 22.6. The van der Waals surface area contributed by atoms with Crippen LogP contribution in [0.2, 0.25) is 0 Å². The van der Waals surface area contributed by atoms with Crippen LogP contribution in [-0.4, -0.2) is 55.8 Å². The van der Waals surface area contributed by atoms with E-state index in [9.17, 15) is 17.6 Å². The molecule has 8 heteroatoms. The van der Waals surface area contributed by atoms with Crippen LogP contribution in [0.25, 0.3) is 0 Å². The van der Waals surface area contributed by atoms with Crippen LogP contribution in [0, 0.1) is 5.82 Å². The average molecular weight is 448 g/mol. The third kappa shape index (κ3) is 5.31. The second-order valence-electron chi connectivity index (χ2n) is 7.96. The highest BCUT2D eigenvalue weighted by Gasteiger charge is 2.32. The Balaban J connectivity index is 1.60. The van der Waals surface area contributed by atoms with Gasteiger partial charge in [-0.3, -0.25) is 9.69 Å². The molecule has 1 amide bonds. The van der Waals surface area contributed by atoms with Crippen molar-refractivity contribution >= 4 is 21.6 Å². The lowest BCUT2D eigenvalue weighted by atomic mass is 9.99. The van der Waals surface area contributed by atoms with Gasteiger partial charge in [0.25, 0.3) is 0 Å². The zero-order valence-electron chi connectivity index (χ0n) is 18.2. The van der Waals surface area contributed by atoms with Crippen LogP contribution in [0.3, 0.4) is 0 Å². The number of carbonyl (C=O) groups excluding carboxylic acids is 1. The fourth-order valence-electron chi connectivity index (χ4n) is 3.65. The lowest BCUT2D eigenvalue weighted by Crippen LogP contribution is -2.53. The van der Waals surface area contributed by atoms with Gasteiger partial charge in [0.05, 0.1) is 16.6 Å². The molecule has 1 N–H and O–H groups in total. The van der Waals surface area contributed by atoms with Gasteiger partial charge in [-0.15, -0.1) is 0 Å². The summed E-state index contributed by atoms with van der Waals surface area (Å²) in [5.41, 5.74) is 1.27. The summed E-state index contributed by atoms with van der Waals surface area (Å²) in [5.74, 6) is -0.419. The van der Waals surface area contributed by atoms with Crippen molar-refractivity contribution in [1.29, 1.82) is 0 Å². The molecule has 0 aromatic heterocycles. The molecular formula is C23H30FN3O3S. The van der Waals surface area contributed by atoms with Crippen molar-refractivity contribution < 1.29 is 17.6 Å². The van der Waals surface area contributed by atoms with Crippen LogP contribution in [0.15, 0.2) is 53.4 Å². The van der Waals surface area contributed by atoms with Crippen LogP contribution in [-0.2, 0) is 14.8 Å². The van der Waals surface area contributed by atoms with Crippen molar-refractivity contribution in [3.63, 3.8) is 0 Å². The number of piperazine rings is 1. The van der Waals surface area contributed by atoms with Crippen molar-refractivity contribution in [2.45, 2.75) is 44.0 Å². The molecule has 1 aliphatic rings. The molecule has 0 aliphatic carbocycles. The van der Waals surface area contributed by atoms with Crippen molar-refractivity contribution in [1.82, 2.24) is 9.21 Å². The first-order valence-electron chi connectivity index (χ1n) is 10.6. The highest BCUT2D eigenvalue weighted by atomic mass is 32.2. The van der Waals surface area contributed by atoms with Gasteiger partial charge >= 0.3 is 0 Å². The minimum atomic E-state index is -3.58. The molecule has 0 saturated carbocycles. The van der Waals surface area contributed by atoms with E-state index in [1.807, 2.05) is 17.0 Å². The molecule has 1 fully saturated rings. The summed E-state index contributed by atoms with van der Waals surface area (Å²) in [6.45, 7) is 7.41. The number of hydrogen-bond donors (Lipinski definition) is 1.